The minimum atomic E-state index is -4.05. The van der Waals surface area contributed by atoms with Gasteiger partial charge in [0.15, 0.2) is 0 Å². The molecule has 1 aliphatic carbocycles. The molecule has 0 saturated heterocycles. The van der Waals surface area contributed by atoms with E-state index in [0.717, 1.165) is 19.3 Å². The first-order valence-electron chi connectivity index (χ1n) is 5.55. The van der Waals surface area contributed by atoms with Gasteiger partial charge in [-0.15, -0.1) is 0 Å². The summed E-state index contributed by atoms with van der Waals surface area (Å²) in [6.45, 7) is 2.18. The summed E-state index contributed by atoms with van der Waals surface area (Å²) in [5, 5.41) is -1.11. The molecular weight excluding hydrogens is 214 g/mol. The maximum Gasteiger partial charge on any atom is 0.280 e. The quantitative estimate of drug-likeness (QED) is 0.729. The van der Waals surface area contributed by atoms with Crippen molar-refractivity contribution < 1.29 is 13.0 Å². The predicted molar refractivity (Wildman–Crippen MR) is 60.0 cm³/mol. The monoisotopic (exact) mass is 235 g/mol. The molecule has 0 aliphatic heterocycles. The summed E-state index contributed by atoms with van der Waals surface area (Å²) in [7, 11) is -4.05. The first kappa shape index (κ1) is 12.9. The van der Waals surface area contributed by atoms with Gasteiger partial charge < -0.3 is 5.73 Å². The summed E-state index contributed by atoms with van der Waals surface area (Å²) < 4.78 is 30.2. The second-order valence-corrected chi connectivity index (χ2v) is 6.60. The van der Waals surface area contributed by atoms with E-state index in [9.17, 15) is 8.42 Å². The maximum absolute atomic E-state index is 10.7. The van der Waals surface area contributed by atoms with E-state index in [4.69, 9.17) is 10.3 Å². The largest absolute Gasteiger partial charge is 0.313 e. The van der Waals surface area contributed by atoms with Crippen LogP contribution in [0, 0.1) is 5.41 Å². The highest BCUT2D eigenvalue weighted by molar-refractivity contribution is 7.86. The molecule has 1 unspecified atom stereocenters. The van der Waals surface area contributed by atoms with Crippen LogP contribution in [0.1, 0.15) is 51.9 Å². The van der Waals surface area contributed by atoms with Gasteiger partial charge in [0, 0.05) is 0 Å². The van der Waals surface area contributed by atoms with Crippen molar-refractivity contribution in [2.45, 2.75) is 57.2 Å². The minimum Gasteiger partial charge on any atom is -0.313 e. The fourth-order valence-corrected chi connectivity index (χ4v) is 2.71. The molecule has 90 valence electrons. The first-order valence-corrected chi connectivity index (χ1v) is 7.06. The zero-order valence-corrected chi connectivity index (χ0v) is 10.1. The van der Waals surface area contributed by atoms with E-state index in [2.05, 4.69) is 6.92 Å². The summed E-state index contributed by atoms with van der Waals surface area (Å²) in [6.07, 6.45) is 7.15. The highest BCUT2D eigenvalue weighted by atomic mass is 32.2. The van der Waals surface area contributed by atoms with Crippen LogP contribution in [0.15, 0.2) is 0 Å². The van der Waals surface area contributed by atoms with Crippen molar-refractivity contribution in [3.63, 3.8) is 0 Å². The lowest BCUT2D eigenvalue weighted by Crippen LogP contribution is -2.32. The van der Waals surface area contributed by atoms with Crippen molar-refractivity contribution >= 4 is 10.1 Å². The van der Waals surface area contributed by atoms with Crippen molar-refractivity contribution in [2.75, 3.05) is 0 Å². The van der Waals surface area contributed by atoms with Crippen molar-refractivity contribution in [1.82, 2.24) is 0 Å². The number of rotatable bonds is 4. The third-order valence-corrected chi connectivity index (χ3v) is 4.48. The molecule has 0 amide bonds. The highest BCUT2D eigenvalue weighted by Crippen LogP contribution is 2.39. The molecule has 0 aromatic rings. The molecule has 1 rings (SSSR count). The lowest BCUT2D eigenvalue weighted by atomic mass is 9.73. The Balaban J connectivity index is 2.42. The van der Waals surface area contributed by atoms with Crippen LogP contribution in [0.5, 0.6) is 0 Å². The zero-order valence-electron chi connectivity index (χ0n) is 9.28. The van der Waals surface area contributed by atoms with Crippen LogP contribution in [0.4, 0.5) is 0 Å². The normalized spacial score (nSPS) is 23.7. The van der Waals surface area contributed by atoms with Gasteiger partial charge in [-0.3, -0.25) is 4.55 Å². The van der Waals surface area contributed by atoms with E-state index in [-0.39, 0.29) is 5.41 Å². The standard InChI is InChI=1S/C10H21NO3S/c1-10(6-3-2-4-7-10)8-5-9(11)15(12,13)14/h9H,2-8,11H2,1H3,(H,12,13,14). The highest BCUT2D eigenvalue weighted by Gasteiger charge is 2.29. The third kappa shape index (κ3) is 4.09. The van der Waals surface area contributed by atoms with Gasteiger partial charge in [-0.25, -0.2) is 0 Å². The first-order chi connectivity index (χ1) is 6.83. The average molecular weight is 235 g/mol. The Bertz CT molecular complexity index is 294. The predicted octanol–water partition coefficient (Wildman–Crippen LogP) is 1.91. The molecule has 4 nitrogen and oxygen atoms in total. The molecule has 5 heteroatoms. The second-order valence-electron chi connectivity index (χ2n) is 4.96. The fourth-order valence-electron chi connectivity index (χ4n) is 2.29. The summed E-state index contributed by atoms with van der Waals surface area (Å²) in [4.78, 5) is 0. The number of nitrogens with two attached hydrogens (primary N) is 1. The van der Waals surface area contributed by atoms with Gasteiger partial charge in [0.2, 0.25) is 0 Å². The minimum absolute atomic E-state index is 0.223. The van der Waals surface area contributed by atoms with E-state index in [1.807, 2.05) is 0 Å². The fraction of sp³-hybridized carbons (Fsp3) is 1.00. The molecule has 1 fully saturated rings. The maximum atomic E-state index is 10.7. The smallest absolute Gasteiger partial charge is 0.280 e. The van der Waals surface area contributed by atoms with Crippen LogP contribution in [0.2, 0.25) is 0 Å². The molecule has 0 heterocycles. The van der Waals surface area contributed by atoms with Crippen LogP contribution >= 0.6 is 0 Å². The van der Waals surface area contributed by atoms with E-state index < -0.39 is 15.5 Å². The van der Waals surface area contributed by atoms with Crippen LogP contribution in [0.3, 0.4) is 0 Å². The Morgan fingerprint density at radius 2 is 1.87 bits per heavy atom. The Kier molecular flexibility index (Phi) is 4.14. The van der Waals surface area contributed by atoms with Gasteiger partial charge in [-0.2, -0.15) is 8.42 Å². The topological polar surface area (TPSA) is 80.4 Å². The molecule has 15 heavy (non-hydrogen) atoms. The van der Waals surface area contributed by atoms with Crippen LogP contribution in [-0.4, -0.2) is 18.3 Å². The van der Waals surface area contributed by atoms with Crippen molar-refractivity contribution in [3.05, 3.63) is 0 Å². The van der Waals surface area contributed by atoms with Crippen molar-refractivity contribution in [2.24, 2.45) is 11.1 Å². The van der Waals surface area contributed by atoms with Gasteiger partial charge in [0.05, 0.1) is 0 Å². The molecular formula is C10H21NO3S. The van der Waals surface area contributed by atoms with E-state index in [1.54, 1.807) is 0 Å². The molecule has 0 bridgehead atoms. The van der Waals surface area contributed by atoms with Crippen molar-refractivity contribution in [3.8, 4) is 0 Å². The van der Waals surface area contributed by atoms with Crippen LogP contribution in [0.25, 0.3) is 0 Å². The molecule has 1 atom stereocenters. The van der Waals surface area contributed by atoms with Crippen LogP contribution in [-0.2, 0) is 10.1 Å². The van der Waals surface area contributed by atoms with Crippen molar-refractivity contribution in [1.29, 1.82) is 0 Å². The summed E-state index contributed by atoms with van der Waals surface area (Å²) in [5.74, 6) is 0. The second kappa shape index (κ2) is 4.80. The van der Waals surface area contributed by atoms with Gasteiger partial charge in [0.25, 0.3) is 10.1 Å². The SMILES string of the molecule is CC1(CCC(N)S(=O)(=O)O)CCCCC1. The summed E-state index contributed by atoms with van der Waals surface area (Å²) in [5.41, 5.74) is 5.61. The number of hydrogen-bond acceptors (Lipinski definition) is 3. The summed E-state index contributed by atoms with van der Waals surface area (Å²) >= 11 is 0. The molecule has 1 aliphatic rings. The molecule has 0 aromatic heterocycles. The van der Waals surface area contributed by atoms with Crippen LogP contribution < -0.4 is 5.73 Å². The van der Waals surface area contributed by atoms with E-state index >= 15 is 0 Å². The Labute approximate surface area is 92.0 Å². The Morgan fingerprint density at radius 3 is 2.33 bits per heavy atom. The lowest BCUT2D eigenvalue weighted by Gasteiger charge is -2.34. The Morgan fingerprint density at radius 1 is 1.33 bits per heavy atom. The average Bonchev–Trinajstić information content (AvgIpc) is 2.14. The Hall–Kier alpha value is -0.130. The van der Waals surface area contributed by atoms with E-state index in [1.165, 1.54) is 19.3 Å². The zero-order chi connectivity index (χ0) is 11.5. The van der Waals surface area contributed by atoms with Gasteiger partial charge in [0.1, 0.15) is 5.37 Å². The molecule has 0 spiro atoms. The lowest BCUT2D eigenvalue weighted by molar-refractivity contribution is 0.193. The number of hydrogen-bond donors (Lipinski definition) is 2. The van der Waals surface area contributed by atoms with Gasteiger partial charge in [-0.1, -0.05) is 26.2 Å². The van der Waals surface area contributed by atoms with Gasteiger partial charge >= 0.3 is 0 Å². The van der Waals surface area contributed by atoms with E-state index in [0.29, 0.717) is 6.42 Å². The summed E-state index contributed by atoms with van der Waals surface area (Å²) in [6, 6.07) is 0. The molecule has 0 aromatic carbocycles. The molecule has 3 N–H and O–H groups in total. The third-order valence-electron chi connectivity index (χ3n) is 3.48. The van der Waals surface area contributed by atoms with Gasteiger partial charge in [-0.05, 0) is 31.1 Å². The molecule has 0 radical (unpaired) electrons. The molecule has 1 saturated carbocycles.